The highest BCUT2D eigenvalue weighted by molar-refractivity contribution is 6.07. The van der Waals surface area contributed by atoms with E-state index in [1.54, 1.807) is 0 Å². The van der Waals surface area contributed by atoms with Crippen LogP contribution in [0.3, 0.4) is 0 Å². The van der Waals surface area contributed by atoms with Crippen LogP contribution in [0.4, 0.5) is 4.39 Å². The van der Waals surface area contributed by atoms with Crippen LogP contribution in [0.5, 0.6) is 0 Å². The molecule has 1 aliphatic rings. The van der Waals surface area contributed by atoms with Crippen molar-refractivity contribution in [3.05, 3.63) is 83.7 Å². The number of fused-ring (bicyclic) bond motifs is 1. The maximum absolute atomic E-state index is 13.3. The van der Waals surface area contributed by atoms with Crippen LogP contribution in [0.1, 0.15) is 41.1 Å². The van der Waals surface area contributed by atoms with E-state index in [-0.39, 0.29) is 17.6 Å². The van der Waals surface area contributed by atoms with E-state index in [0.717, 1.165) is 47.7 Å². The second-order valence-electron chi connectivity index (χ2n) is 7.02. The van der Waals surface area contributed by atoms with E-state index < -0.39 is 0 Å². The van der Waals surface area contributed by atoms with Crippen LogP contribution in [0.2, 0.25) is 0 Å². The minimum atomic E-state index is -0.217. The Morgan fingerprint density at radius 2 is 1.69 bits per heavy atom. The third kappa shape index (κ3) is 3.34. The van der Waals surface area contributed by atoms with Gasteiger partial charge in [0.2, 0.25) is 0 Å². The molecule has 2 nitrogen and oxygen atoms in total. The van der Waals surface area contributed by atoms with Crippen LogP contribution in [0.15, 0.2) is 66.7 Å². The number of benzene rings is 3. The van der Waals surface area contributed by atoms with E-state index in [1.165, 1.54) is 12.1 Å². The molecule has 0 saturated carbocycles. The number of nitrogens with zero attached hydrogens (tertiary/aromatic N) is 1. The monoisotopic (exact) mass is 347 g/mol. The lowest BCUT2D eigenvalue weighted by molar-refractivity contribution is 0.0756. The highest BCUT2D eigenvalue weighted by atomic mass is 19.1. The van der Waals surface area contributed by atoms with Crippen LogP contribution < -0.4 is 0 Å². The summed E-state index contributed by atoms with van der Waals surface area (Å²) in [5.41, 5.74) is 1.88. The molecule has 26 heavy (non-hydrogen) atoms. The first-order valence-electron chi connectivity index (χ1n) is 9.25. The van der Waals surface area contributed by atoms with Gasteiger partial charge in [0.25, 0.3) is 5.91 Å². The fourth-order valence-electron chi connectivity index (χ4n) is 3.92. The first kappa shape index (κ1) is 16.8. The molecule has 1 amide bonds. The maximum Gasteiger partial charge on any atom is 0.254 e. The van der Waals surface area contributed by atoms with E-state index in [0.29, 0.717) is 6.54 Å². The maximum atomic E-state index is 13.3. The summed E-state index contributed by atoms with van der Waals surface area (Å²) in [6.45, 7) is 1.47. The van der Waals surface area contributed by atoms with Crippen LogP contribution >= 0.6 is 0 Å². The van der Waals surface area contributed by atoms with Crippen molar-refractivity contribution in [2.24, 2.45) is 0 Å². The molecule has 3 aromatic rings. The van der Waals surface area contributed by atoms with Gasteiger partial charge in [0.1, 0.15) is 5.82 Å². The lowest BCUT2D eigenvalue weighted by atomic mass is 9.94. The van der Waals surface area contributed by atoms with Gasteiger partial charge in [0.05, 0.1) is 0 Å². The van der Waals surface area contributed by atoms with Gasteiger partial charge in [0.15, 0.2) is 0 Å². The Morgan fingerprint density at radius 1 is 0.923 bits per heavy atom. The number of carbonyl (C=O) groups is 1. The minimum absolute atomic E-state index is 0.0933. The minimum Gasteiger partial charge on any atom is -0.338 e. The number of halogens is 1. The number of hydrogen-bond acceptors (Lipinski definition) is 1. The fraction of sp³-hybridized carbons (Fsp3) is 0.261. The van der Waals surface area contributed by atoms with Crippen molar-refractivity contribution in [3.8, 4) is 0 Å². The zero-order valence-electron chi connectivity index (χ0n) is 14.7. The number of hydrogen-bond donors (Lipinski definition) is 0. The van der Waals surface area contributed by atoms with Gasteiger partial charge < -0.3 is 4.90 Å². The average Bonchev–Trinajstić information content (AvgIpc) is 2.94. The summed E-state index contributed by atoms with van der Waals surface area (Å²) in [5, 5.41) is 2.09. The molecule has 0 N–H and O–H groups in total. The predicted octanol–water partition coefficient (Wildman–Crippen LogP) is 5.39. The summed E-state index contributed by atoms with van der Waals surface area (Å²) < 4.78 is 13.2. The van der Waals surface area contributed by atoms with Gasteiger partial charge in [-0.15, -0.1) is 0 Å². The van der Waals surface area contributed by atoms with Crippen molar-refractivity contribution in [1.82, 2.24) is 4.90 Å². The fourth-order valence-corrected chi connectivity index (χ4v) is 3.92. The predicted molar refractivity (Wildman–Crippen MR) is 103 cm³/mol. The molecule has 0 aromatic heterocycles. The van der Waals surface area contributed by atoms with Gasteiger partial charge in [-0.05, 0) is 47.4 Å². The van der Waals surface area contributed by atoms with Gasteiger partial charge in [-0.3, -0.25) is 4.79 Å². The molecule has 1 heterocycles. The van der Waals surface area contributed by atoms with Crippen molar-refractivity contribution in [3.63, 3.8) is 0 Å². The zero-order valence-corrected chi connectivity index (χ0v) is 14.7. The Hall–Kier alpha value is -2.68. The molecule has 3 heteroatoms. The molecule has 0 radical (unpaired) electrons. The first-order valence-corrected chi connectivity index (χ1v) is 9.25. The summed E-state index contributed by atoms with van der Waals surface area (Å²) >= 11 is 0. The van der Waals surface area contributed by atoms with Crippen LogP contribution in [0, 0.1) is 5.82 Å². The standard InChI is InChI=1S/C23H22FNO/c24-20-13-11-17(12-14-20)19-7-3-4-15-25(16-19)23(26)22-10-5-8-18-6-1-2-9-21(18)22/h1-2,5-6,8-14,19H,3-4,7,15-16H2. The molecule has 0 aliphatic carbocycles. The number of amides is 1. The lowest BCUT2D eigenvalue weighted by Gasteiger charge is -2.25. The Morgan fingerprint density at radius 3 is 2.54 bits per heavy atom. The topological polar surface area (TPSA) is 20.3 Å². The van der Waals surface area contributed by atoms with E-state index >= 15 is 0 Å². The quantitative estimate of drug-likeness (QED) is 0.609. The Bertz CT molecular complexity index is 914. The van der Waals surface area contributed by atoms with Crippen LogP contribution in [-0.2, 0) is 0 Å². The molecular weight excluding hydrogens is 325 g/mol. The number of rotatable bonds is 2. The van der Waals surface area contributed by atoms with Gasteiger partial charge in [-0.25, -0.2) is 4.39 Å². The van der Waals surface area contributed by atoms with E-state index in [4.69, 9.17) is 0 Å². The third-order valence-electron chi connectivity index (χ3n) is 5.32. The van der Waals surface area contributed by atoms with Gasteiger partial charge in [0, 0.05) is 24.6 Å². The highest BCUT2D eigenvalue weighted by Crippen LogP contribution is 2.28. The molecule has 1 unspecified atom stereocenters. The molecule has 3 aromatic carbocycles. The summed E-state index contributed by atoms with van der Waals surface area (Å²) in [6, 6.07) is 20.7. The molecular formula is C23H22FNO. The average molecular weight is 347 g/mol. The summed E-state index contributed by atoms with van der Waals surface area (Å²) in [4.78, 5) is 15.2. The largest absolute Gasteiger partial charge is 0.338 e. The van der Waals surface area contributed by atoms with Crippen molar-refractivity contribution in [2.75, 3.05) is 13.1 Å². The Labute approximate surface area is 153 Å². The Kier molecular flexibility index (Phi) is 4.70. The number of carbonyl (C=O) groups excluding carboxylic acids is 1. The van der Waals surface area contributed by atoms with Gasteiger partial charge in [-0.1, -0.05) is 55.0 Å². The molecule has 132 valence electrons. The highest BCUT2D eigenvalue weighted by Gasteiger charge is 2.24. The Balaban J connectivity index is 1.63. The van der Waals surface area contributed by atoms with Gasteiger partial charge in [-0.2, -0.15) is 0 Å². The van der Waals surface area contributed by atoms with Crippen LogP contribution in [0.25, 0.3) is 10.8 Å². The van der Waals surface area contributed by atoms with Crippen molar-refractivity contribution >= 4 is 16.7 Å². The van der Waals surface area contributed by atoms with Crippen LogP contribution in [-0.4, -0.2) is 23.9 Å². The molecule has 0 spiro atoms. The van der Waals surface area contributed by atoms with Gasteiger partial charge >= 0.3 is 0 Å². The third-order valence-corrected chi connectivity index (χ3v) is 5.32. The summed E-state index contributed by atoms with van der Waals surface area (Å²) in [7, 11) is 0. The van der Waals surface area contributed by atoms with Crippen molar-refractivity contribution < 1.29 is 9.18 Å². The SMILES string of the molecule is O=C(c1cccc2ccccc12)N1CCCCC(c2ccc(F)cc2)C1. The molecule has 0 bridgehead atoms. The summed E-state index contributed by atoms with van der Waals surface area (Å²) in [5.74, 6) is 0.138. The first-order chi connectivity index (χ1) is 12.7. The second kappa shape index (κ2) is 7.28. The molecule has 1 atom stereocenters. The molecule has 4 rings (SSSR count). The lowest BCUT2D eigenvalue weighted by Crippen LogP contribution is -2.34. The van der Waals surface area contributed by atoms with Crippen molar-refractivity contribution in [1.29, 1.82) is 0 Å². The number of likely N-dealkylation sites (tertiary alicyclic amines) is 1. The van der Waals surface area contributed by atoms with E-state index in [1.807, 2.05) is 59.5 Å². The van der Waals surface area contributed by atoms with E-state index in [2.05, 4.69) is 0 Å². The zero-order chi connectivity index (χ0) is 17.9. The normalized spacial score (nSPS) is 17.9. The molecule has 1 saturated heterocycles. The summed E-state index contributed by atoms with van der Waals surface area (Å²) in [6.07, 6.45) is 3.13. The van der Waals surface area contributed by atoms with Crippen molar-refractivity contribution in [2.45, 2.75) is 25.2 Å². The smallest absolute Gasteiger partial charge is 0.254 e. The second-order valence-corrected chi connectivity index (χ2v) is 7.02. The van der Waals surface area contributed by atoms with E-state index in [9.17, 15) is 9.18 Å². The molecule has 1 aliphatic heterocycles. The molecule has 1 fully saturated rings.